The number of hydrogen-bond donors (Lipinski definition) is 1. The van der Waals surface area contributed by atoms with Crippen LogP contribution in [0.15, 0.2) is 48.7 Å². The Labute approximate surface area is 119 Å². The quantitative estimate of drug-likeness (QED) is 0.930. The van der Waals surface area contributed by atoms with Crippen molar-refractivity contribution in [3.63, 3.8) is 0 Å². The van der Waals surface area contributed by atoms with Crippen LogP contribution in [0.2, 0.25) is 0 Å². The van der Waals surface area contributed by atoms with Crippen LogP contribution in [0, 0.1) is 11.3 Å². The van der Waals surface area contributed by atoms with E-state index in [0.29, 0.717) is 5.56 Å². The van der Waals surface area contributed by atoms with Crippen molar-refractivity contribution in [2.45, 2.75) is 19.5 Å². The lowest BCUT2D eigenvalue weighted by Gasteiger charge is -2.13. The first-order valence-electron chi connectivity index (χ1n) is 5.93. The molecule has 98 valence electrons. The molecule has 0 spiro atoms. The van der Waals surface area contributed by atoms with Crippen LogP contribution in [0.3, 0.4) is 0 Å². The Morgan fingerprint density at radius 1 is 1.26 bits per heavy atom. The summed E-state index contributed by atoms with van der Waals surface area (Å²) in [5.74, 6) is 0. The van der Waals surface area contributed by atoms with Crippen LogP contribution in [-0.2, 0) is 6.54 Å². The maximum absolute atomic E-state index is 8.84. The molecular formula is C15H16ClN3. The fourth-order valence-corrected chi connectivity index (χ4v) is 1.76. The normalized spacial score (nSPS) is 11.2. The minimum atomic E-state index is 0. The summed E-state index contributed by atoms with van der Waals surface area (Å²) in [6.45, 7) is 2.81. The summed E-state index contributed by atoms with van der Waals surface area (Å²) in [5.41, 5.74) is 2.82. The molecule has 1 unspecified atom stereocenters. The maximum atomic E-state index is 8.84. The second-order valence-electron chi connectivity index (χ2n) is 4.17. The molecule has 0 saturated carbocycles. The van der Waals surface area contributed by atoms with Crippen molar-refractivity contribution < 1.29 is 0 Å². The number of rotatable bonds is 4. The van der Waals surface area contributed by atoms with Gasteiger partial charge in [-0.1, -0.05) is 18.2 Å². The summed E-state index contributed by atoms with van der Waals surface area (Å²) in [6.07, 6.45) is 1.80. The predicted molar refractivity (Wildman–Crippen MR) is 77.9 cm³/mol. The molecular weight excluding hydrogens is 258 g/mol. The highest BCUT2D eigenvalue weighted by molar-refractivity contribution is 5.85. The van der Waals surface area contributed by atoms with Gasteiger partial charge in [-0.05, 0) is 36.8 Å². The Morgan fingerprint density at radius 2 is 2.11 bits per heavy atom. The number of nitriles is 1. The highest BCUT2D eigenvalue weighted by Gasteiger charge is 2.05. The molecule has 19 heavy (non-hydrogen) atoms. The first-order valence-corrected chi connectivity index (χ1v) is 5.93. The highest BCUT2D eigenvalue weighted by atomic mass is 35.5. The average Bonchev–Trinajstić information content (AvgIpc) is 2.46. The third kappa shape index (κ3) is 4.36. The second-order valence-corrected chi connectivity index (χ2v) is 4.17. The van der Waals surface area contributed by atoms with Crippen LogP contribution >= 0.6 is 12.4 Å². The van der Waals surface area contributed by atoms with Crippen molar-refractivity contribution in [1.29, 1.82) is 5.26 Å². The third-order valence-corrected chi connectivity index (χ3v) is 2.80. The molecule has 1 atom stereocenters. The van der Waals surface area contributed by atoms with Crippen LogP contribution in [0.4, 0.5) is 0 Å². The van der Waals surface area contributed by atoms with Crippen LogP contribution in [0.1, 0.15) is 29.8 Å². The van der Waals surface area contributed by atoms with E-state index in [1.807, 2.05) is 42.5 Å². The smallest absolute Gasteiger partial charge is 0.0991 e. The molecule has 0 aliphatic rings. The second kappa shape index (κ2) is 7.52. The van der Waals surface area contributed by atoms with Gasteiger partial charge >= 0.3 is 0 Å². The van der Waals surface area contributed by atoms with Crippen molar-refractivity contribution in [2.24, 2.45) is 0 Å². The van der Waals surface area contributed by atoms with Crippen LogP contribution < -0.4 is 5.32 Å². The molecule has 3 nitrogen and oxygen atoms in total. The van der Waals surface area contributed by atoms with E-state index in [1.165, 1.54) is 0 Å². The van der Waals surface area contributed by atoms with Crippen LogP contribution in [0.5, 0.6) is 0 Å². The minimum Gasteiger partial charge on any atom is -0.305 e. The Kier molecular flexibility index (Phi) is 6.01. The van der Waals surface area contributed by atoms with Gasteiger partial charge in [0.05, 0.1) is 17.3 Å². The number of hydrogen-bond acceptors (Lipinski definition) is 3. The summed E-state index contributed by atoms with van der Waals surface area (Å²) in [5, 5.41) is 12.2. The molecule has 4 heteroatoms. The van der Waals surface area contributed by atoms with E-state index in [1.54, 1.807) is 6.20 Å². The molecule has 1 aromatic heterocycles. The van der Waals surface area contributed by atoms with E-state index < -0.39 is 0 Å². The summed E-state index contributed by atoms with van der Waals surface area (Å²) >= 11 is 0. The number of nitrogens with one attached hydrogen (secondary N) is 1. The van der Waals surface area contributed by atoms with Gasteiger partial charge in [0.25, 0.3) is 0 Å². The van der Waals surface area contributed by atoms with Gasteiger partial charge in [0.15, 0.2) is 0 Å². The fourth-order valence-electron chi connectivity index (χ4n) is 1.76. The van der Waals surface area contributed by atoms with Gasteiger partial charge in [-0.25, -0.2) is 0 Å². The molecule has 0 fully saturated rings. The van der Waals surface area contributed by atoms with E-state index in [0.717, 1.165) is 17.8 Å². The third-order valence-electron chi connectivity index (χ3n) is 2.80. The zero-order chi connectivity index (χ0) is 12.8. The number of halogens is 1. The first-order chi connectivity index (χ1) is 8.79. The molecule has 1 heterocycles. The molecule has 0 aliphatic carbocycles. The number of benzene rings is 1. The molecule has 2 rings (SSSR count). The van der Waals surface area contributed by atoms with Gasteiger partial charge in [-0.3, -0.25) is 4.98 Å². The zero-order valence-corrected chi connectivity index (χ0v) is 11.5. The van der Waals surface area contributed by atoms with E-state index in [-0.39, 0.29) is 18.4 Å². The molecule has 2 aromatic rings. The van der Waals surface area contributed by atoms with Gasteiger partial charge in [-0.2, -0.15) is 5.26 Å². The predicted octanol–water partition coefficient (Wildman–Crippen LogP) is 3.23. The largest absolute Gasteiger partial charge is 0.305 e. The molecule has 0 amide bonds. The van der Waals surface area contributed by atoms with Gasteiger partial charge in [0, 0.05) is 18.8 Å². The number of nitrogens with zero attached hydrogens (tertiary/aromatic N) is 2. The van der Waals surface area contributed by atoms with Crippen LogP contribution in [-0.4, -0.2) is 4.98 Å². The monoisotopic (exact) mass is 273 g/mol. The topological polar surface area (TPSA) is 48.7 Å². The SMILES string of the molecule is CC(NCc1cccc(C#N)c1)c1ccccn1.Cl. The highest BCUT2D eigenvalue weighted by Crippen LogP contribution is 2.10. The molecule has 0 aliphatic heterocycles. The van der Waals surface area contributed by atoms with Crippen molar-refractivity contribution in [3.8, 4) is 6.07 Å². The fraction of sp³-hybridized carbons (Fsp3) is 0.200. The van der Waals surface area contributed by atoms with Crippen LogP contribution in [0.25, 0.3) is 0 Å². The molecule has 1 N–H and O–H groups in total. The Hall–Kier alpha value is -1.89. The Bertz CT molecular complexity index is 549. The molecule has 0 radical (unpaired) electrons. The van der Waals surface area contributed by atoms with Gasteiger partial charge < -0.3 is 5.32 Å². The van der Waals surface area contributed by atoms with E-state index in [4.69, 9.17) is 5.26 Å². The Balaban J connectivity index is 0.00000180. The van der Waals surface area contributed by atoms with Gasteiger partial charge in [0.2, 0.25) is 0 Å². The van der Waals surface area contributed by atoms with Crippen molar-refractivity contribution in [2.75, 3.05) is 0 Å². The number of pyridine rings is 1. The lowest BCUT2D eigenvalue weighted by molar-refractivity contribution is 0.561. The van der Waals surface area contributed by atoms with Crippen molar-refractivity contribution in [3.05, 3.63) is 65.5 Å². The van der Waals surface area contributed by atoms with E-state index in [9.17, 15) is 0 Å². The van der Waals surface area contributed by atoms with E-state index >= 15 is 0 Å². The lowest BCUT2D eigenvalue weighted by atomic mass is 10.1. The molecule has 1 aromatic carbocycles. The van der Waals surface area contributed by atoms with Crippen molar-refractivity contribution in [1.82, 2.24) is 10.3 Å². The minimum absolute atomic E-state index is 0. The summed E-state index contributed by atoms with van der Waals surface area (Å²) in [6, 6.07) is 15.9. The summed E-state index contributed by atoms with van der Waals surface area (Å²) in [7, 11) is 0. The van der Waals surface area contributed by atoms with Gasteiger partial charge in [-0.15, -0.1) is 12.4 Å². The van der Waals surface area contributed by atoms with Crippen molar-refractivity contribution >= 4 is 12.4 Å². The lowest BCUT2D eigenvalue weighted by Crippen LogP contribution is -2.18. The Morgan fingerprint density at radius 3 is 2.79 bits per heavy atom. The summed E-state index contributed by atoms with van der Waals surface area (Å²) < 4.78 is 0. The first kappa shape index (κ1) is 15.2. The zero-order valence-electron chi connectivity index (χ0n) is 10.7. The van der Waals surface area contributed by atoms with Gasteiger partial charge in [0.1, 0.15) is 0 Å². The maximum Gasteiger partial charge on any atom is 0.0991 e. The molecule has 0 bridgehead atoms. The number of aromatic nitrogens is 1. The average molecular weight is 274 g/mol. The summed E-state index contributed by atoms with van der Waals surface area (Å²) in [4.78, 5) is 4.31. The molecule has 0 saturated heterocycles. The standard InChI is InChI=1S/C15H15N3.ClH/c1-12(15-7-2-3-8-17-15)18-11-14-6-4-5-13(9-14)10-16;/h2-9,12,18H,11H2,1H3;1H. The van der Waals surface area contributed by atoms with E-state index in [2.05, 4.69) is 23.3 Å².